The summed E-state index contributed by atoms with van der Waals surface area (Å²) in [7, 11) is 0. The second-order valence-electron chi connectivity index (χ2n) is 7.60. The van der Waals surface area contributed by atoms with Gasteiger partial charge in [0.1, 0.15) is 15.5 Å². The minimum absolute atomic E-state index is 0.112. The van der Waals surface area contributed by atoms with Gasteiger partial charge in [-0.1, -0.05) is 60.7 Å². The van der Waals surface area contributed by atoms with Crippen molar-refractivity contribution in [1.29, 1.82) is 0 Å². The second-order valence-corrected chi connectivity index (χ2v) is 8.60. The molecule has 0 radical (unpaired) electrons. The zero-order valence-corrected chi connectivity index (χ0v) is 18.9. The van der Waals surface area contributed by atoms with Crippen molar-refractivity contribution in [2.24, 2.45) is 0 Å². The van der Waals surface area contributed by atoms with Gasteiger partial charge in [-0.15, -0.1) is 11.3 Å². The highest BCUT2D eigenvalue weighted by Crippen LogP contribution is 2.42. The Morgan fingerprint density at radius 3 is 2.18 bits per heavy atom. The number of nitrogens with two attached hydrogens (primary N) is 1. The fourth-order valence-corrected chi connectivity index (χ4v) is 4.97. The van der Waals surface area contributed by atoms with Gasteiger partial charge in [-0.25, -0.2) is 4.98 Å². The molecule has 0 unspecified atom stereocenters. The molecule has 2 N–H and O–H groups in total. The summed E-state index contributed by atoms with van der Waals surface area (Å²) in [6, 6.07) is 29.3. The van der Waals surface area contributed by atoms with Crippen LogP contribution in [0.3, 0.4) is 0 Å². The lowest BCUT2D eigenvalue weighted by Gasteiger charge is -2.09. The molecule has 0 aliphatic heterocycles. The Hall–Kier alpha value is -3.96. The summed E-state index contributed by atoms with van der Waals surface area (Å²) in [4.78, 5) is 19.5. The molecule has 5 rings (SSSR count). The maximum atomic E-state index is 13.4. The molecule has 0 aliphatic rings. The third kappa shape index (κ3) is 3.99. The summed E-state index contributed by atoms with van der Waals surface area (Å²) < 4.78 is 5.49. The van der Waals surface area contributed by atoms with Crippen LogP contribution in [0.1, 0.15) is 22.2 Å². The van der Waals surface area contributed by atoms with Crippen LogP contribution in [0.15, 0.2) is 91.0 Å². The Kier molecular flexibility index (Phi) is 5.63. The molecule has 2 aromatic heterocycles. The van der Waals surface area contributed by atoms with E-state index in [0.29, 0.717) is 22.7 Å². The highest BCUT2D eigenvalue weighted by atomic mass is 32.1. The first-order valence-electron chi connectivity index (χ1n) is 10.8. The third-order valence-electron chi connectivity index (χ3n) is 5.49. The molecule has 4 nitrogen and oxygen atoms in total. The molecule has 0 atom stereocenters. The smallest absolute Gasteiger partial charge is 0.205 e. The lowest BCUT2D eigenvalue weighted by Crippen LogP contribution is -2.02. The van der Waals surface area contributed by atoms with Gasteiger partial charge in [-0.3, -0.25) is 4.79 Å². The highest BCUT2D eigenvalue weighted by Gasteiger charge is 2.22. The van der Waals surface area contributed by atoms with Crippen LogP contribution >= 0.6 is 11.3 Å². The fraction of sp³-hybridized carbons (Fsp3) is 0.0714. The van der Waals surface area contributed by atoms with E-state index in [4.69, 9.17) is 15.5 Å². The molecule has 0 bridgehead atoms. The number of carbonyl (C=O) groups excluding carboxylic acids is 1. The van der Waals surface area contributed by atoms with Crippen molar-refractivity contribution in [3.63, 3.8) is 0 Å². The topological polar surface area (TPSA) is 65.2 Å². The minimum atomic E-state index is -0.112. The number of nitrogen functional groups attached to an aromatic ring is 1. The second kappa shape index (κ2) is 8.88. The molecule has 0 amide bonds. The van der Waals surface area contributed by atoms with Gasteiger partial charge in [0.05, 0.1) is 18.0 Å². The molecule has 0 fully saturated rings. The SMILES string of the molecule is CCOc1ccc(C(=O)c2sc3nc(-c4ccccc4)cc(-c4ccccc4)c3c2N)cc1. The van der Waals surface area contributed by atoms with Crippen LogP contribution < -0.4 is 10.5 Å². The Bertz CT molecular complexity index is 1430. The number of carbonyl (C=O) groups is 1. The molecular weight excluding hydrogens is 428 g/mol. The molecule has 0 spiro atoms. The summed E-state index contributed by atoms with van der Waals surface area (Å²) in [5.41, 5.74) is 11.5. The number of hydrogen-bond donors (Lipinski definition) is 1. The number of aromatic nitrogens is 1. The first-order valence-corrected chi connectivity index (χ1v) is 11.6. The lowest BCUT2D eigenvalue weighted by molar-refractivity contribution is 0.104. The number of thiophene rings is 1. The number of pyridine rings is 1. The van der Waals surface area contributed by atoms with Crippen LogP contribution in [0.25, 0.3) is 32.6 Å². The molecule has 162 valence electrons. The Labute approximate surface area is 196 Å². The summed E-state index contributed by atoms with van der Waals surface area (Å²) in [5.74, 6) is 0.623. The van der Waals surface area contributed by atoms with Crippen molar-refractivity contribution in [2.45, 2.75) is 6.92 Å². The number of rotatable bonds is 6. The van der Waals surface area contributed by atoms with Gasteiger partial charge < -0.3 is 10.5 Å². The zero-order chi connectivity index (χ0) is 22.8. The van der Waals surface area contributed by atoms with E-state index in [1.165, 1.54) is 11.3 Å². The van der Waals surface area contributed by atoms with Crippen LogP contribution in [0.2, 0.25) is 0 Å². The molecular formula is C28H22N2O2S. The van der Waals surface area contributed by atoms with Gasteiger partial charge in [-0.2, -0.15) is 0 Å². The van der Waals surface area contributed by atoms with Crippen molar-refractivity contribution in [3.05, 3.63) is 101 Å². The molecule has 33 heavy (non-hydrogen) atoms. The number of ether oxygens (including phenoxy) is 1. The predicted molar refractivity (Wildman–Crippen MR) is 136 cm³/mol. The number of hydrogen-bond acceptors (Lipinski definition) is 5. The number of fused-ring (bicyclic) bond motifs is 1. The lowest BCUT2D eigenvalue weighted by atomic mass is 9.99. The third-order valence-corrected chi connectivity index (χ3v) is 6.59. The summed E-state index contributed by atoms with van der Waals surface area (Å²) >= 11 is 1.34. The predicted octanol–water partition coefficient (Wildman–Crippen LogP) is 6.84. The van der Waals surface area contributed by atoms with E-state index < -0.39 is 0 Å². The van der Waals surface area contributed by atoms with Crippen molar-refractivity contribution < 1.29 is 9.53 Å². The molecule has 5 heteroatoms. The molecule has 0 saturated carbocycles. The maximum absolute atomic E-state index is 13.4. The first kappa shape index (κ1) is 20.9. The number of ketones is 1. The zero-order valence-electron chi connectivity index (χ0n) is 18.1. The monoisotopic (exact) mass is 450 g/mol. The van der Waals surface area contributed by atoms with Crippen molar-refractivity contribution >= 4 is 33.0 Å². The van der Waals surface area contributed by atoms with Gasteiger partial charge in [-0.05, 0) is 48.4 Å². The highest BCUT2D eigenvalue weighted by molar-refractivity contribution is 7.21. The largest absolute Gasteiger partial charge is 0.494 e. The van der Waals surface area contributed by atoms with Crippen LogP contribution in [0.5, 0.6) is 5.75 Å². The van der Waals surface area contributed by atoms with Crippen molar-refractivity contribution in [2.75, 3.05) is 12.3 Å². The summed E-state index contributed by atoms with van der Waals surface area (Å²) in [5, 5.41) is 0.820. The average molecular weight is 451 g/mol. The first-order chi connectivity index (χ1) is 16.2. The molecule has 0 aliphatic carbocycles. The van der Waals surface area contributed by atoms with E-state index in [-0.39, 0.29) is 5.78 Å². The van der Waals surface area contributed by atoms with Gasteiger partial charge >= 0.3 is 0 Å². The normalized spacial score (nSPS) is 10.9. The standard InChI is InChI=1S/C28H22N2O2S/c1-2-32-21-15-13-20(14-16-21)26(31)27-25(29)24-22(18-9-5-3-6-10-18)17-23(30-28(24)33-27)19-11-7-4-8-12-19/h3-17H,2,29H2,1H3. The fourth-order valence-electron chi connectivity index (χ4n) is 3.89. The van der Waals surface area contributed by atoms with Gasteiger partial charge in [0, 0.05) is 16.5 Å². The quantitative estimate of drug-likeness (QED) is 0.288. The van der Waals surface area contributed by atoms with Gasteiger partial charge in [0.2, 0.25) is 5.78 Å². The number of anilines is 1. The van der Waals surface area contributed by atoms with Crippen molar-refractivity contribution in [3.8, 4) is 28.1 Å². The molecule has 2 heterocycles. The summed E-state index contributed by atoms with van der Waals surface area (Å²) in [6.07, 6.45) is 0. The van der Waals surface area contributed by atoms with Gasteiger partial charge in [0.25, 0.3) is 0 Å². The van der Waals surface area contributed by atoms with Gasteiger partial charge in [0.15, 0.2) is 0 Å². The molecule has 0 saturated heterocycles. The average Bonchev–Trinajstić information content (AvgIpc) is 3.21. The van der Waals surface area contributed by atoms with E-state index in [1.807, 2.05) is 55.5 Å². The van der Waals surface area contributed by atoms with E-state index in [1.54, 1.807) is 24.3 Å². The molecule has 3 aromatic carbocycles. The van der Waals surface area contributed by atoms with Crippen LogP contribution in [0.4, 0.5) is 5.69 Å². The van der Waals surface area contributed by atoms with Crippen LogP contribution in [0, 0.1) is 0 Å². The van der Waals surface area contributed by atoms with Crippen LogP contribution in [-0.4, -0.2) is 17.4 Å². The van der Waals surface area contributed by atoms with E-state index in [0.717, 1.165) is 38.4 Å². The Balaban J connectivity index is 1.68. The maximum Gasteiger partial charge on any atom is 0.205 e. The number of nitrogens with zero attached hydrogens (tertiary/aromatic N) is 1. The van der Waals surface area contributed by atoms with Crippen LogP contribution in [-0.2, 0) is 0 Å². The minimum Gasteiger partial charge on any atom is -0.494 e. The van der Waals surface area contributed by atoms with Crippen molar-refractivity contribution in [1.82, 2.24) is 4.98 Å². The van der Waals surface area contributed by atoms with E-state index >= 15 is 0 Å². The number of benzene rings is 3. The van der Waals surface area contributed by atoms with E-state index in [9.17, 15) is 4.79 Å². The Morgan fingerprint density at radius 2 is 1.55 bits per heavy atom. The summed E-state index contributed by atoms with van der Waals surface area (Å²) in [6.45, 7) is 2.51. The Morgan fingerprint density at radius 1 is 0.909 bits per heavy atom. The molecule has 5 aromatic rings. The van der Waals surface area contributed by atoms with E-state index in [2.05, 4.69) is 18.2 Å².